The Morgan fingerprint density at radius 1 is 1.33 bits per heavy atom. The Hall–Kier alpha value is -2.19. The van der Waals surface area contributed by atoms with E-state index < -0.39 is 10.8 Å². The van der Waals surface area contributed by atoms with Crippen molar-refractivity contribution in [3.63, 3.8) is 0 Å². The molecule has 0 aromatic heterocycles. The molecule has 9 heteroatoms. The molecule has 0 radical (unpaired) electrons. The lowest BCUT2D eigenvalue weighted by Crippen LogP contribution is -2.37. The van der Waals surface area contributed by atoms with Gasteiger partial charge >= 0.3 is 0 Å². The topological polar surface area (TPSA) is 105 Å². The lowest BCUT2D eigenvalue weighted by atomic mass is 10.2. The number of anilines is 1. The molecule has 1 rings (SSSR count). The molecule has 1 aromatic rings. The van der Waals surface area contributed by atoms with E-state index >= 15 is 0 Å². The molecule has 2 N–H and O–H groups in total. The molecule has 0 fully saturated rings. The minimum atomic E-state index is -0.629. The molecule has 0 heterocycles. The zero-order valence-corrected chi connectivity index (χ0v) is 12.3. The second-order valence-electron chi connectivity index (χ2n) is 4.31. The average Bonchev–Trinajstić information content (AvgIpc) is 2.40. The molecular weight excluding hydrogens is 300 g/mol. The third kappa shape index (κ3) is 5.36. The normalized spacial score (nSPS) is 10.3. The largest absolute Gasteiger partial charge is 0.358 e. The second-order valence-corrected chi connectivity index (χ2v) is 4.75. The molecule has 0 aliphatic rings. The standard InChI is InChI=1S/C12H15ClN4O4/c1-14-11(18)6-16(2)7-12(19)15-9-4-3-8(13)5-10(9)17(20)21/h3-5H,6-7H2,1-2H3,(H,14,18)(H,15,19). The molecule has 0 saturated carbocycles. The van der Waals surface area contributed by atoms with E-state index in [0.717, 1.165) is 6.07 Å². The van der Waals surface area contributed by atoms with Gasteiger partial charge in [0.1, 0.15) is 5.69 Å². The van der Waals surface area contributed by atoms with Gasteiger partial charge in [-0.3, -0.25) is 24.6 Å². The van der Waals surface area contributed by atoms with Crippen LogP contribution >= 0.6 is 11.6 Å². The summed E-state index contributed by atoms with van der Waals surface area (Å²) < 4.78 is 0. The van der Waals surface area contributed by atoms with Crippen LogP contribution in [0, 0.1) is 10.1 Å². The summed E-state index contributed by atoms with van der Waals surface area (Å²) in [5.41, 5.74) is -0.229. The highest BCUT2D eigenvalue weighted by Gasteiger charge is 2.17. The Kier molecular flexibility index (Phi) is 6.07. The number of likely N-dealkylation sites (N-methyl/N-ethyl adjacent to an activating group) is 2. The van der Waals surface area contributed by atoms with E-state index in [-0.39, 0.29) is 35.4 Å². The van der Waals surface area contributed by atoms with Crippen LogP contribution in [0.25, 0.3) is 0 Å². The van der Waals surface area contributed by atoms with E-state index in [1.807, 2.05) is 0 Å². The first-order chi connectivity index (χ1) is 9.83. The molecule has 8 nitrogen and oxygen atoms in total. The molecule has 0 aliphatic heterocycles. The fourth-order valence-electron chi connectivity index (χ4n) is 1.58. The highest BCUT2D eigenvalue weighted by molar-refractivity contribution is 6.31. The van der Waals surface area contributed by atoms with E-state index in [2.05, 4.69) is 10.6 Å². The third-order valence-electron chi connectivity index (χ3n) is 2.54. The predicted octanol–water partition coefficient (Wildman–Crippen LogP) is 0.865. The van der Waals surface area contributed by atoms with Crippen molar-refractivity contribution in [1.29, 1.82) is 0 Å². The molecule has 0 aliphatic carbocycles. The van der Waals surface area contributed by atoms with Crippen LogP contribution in [0.1, 0.15) is 0 Å². The van der Waals surface area contributed by atoms with Gasteiger partial charge in [0.15, 0.2) is 0 Å². The number of nitro groups is 1. The number of nitrogens with one attached hydrogen (secondary N) is 2. The summed E-state index contributed by atoms with van der Waals surface area (Å²) >= 11 is 5.69. The highest BCUT2D eigenvalue weighted by atomic mass is 35.5. The molecule has 0 bridgehead atoms. The van der Waals surface area contributed by atoms with Gasteiger partial charge in [0.2, 0.25) is 11.8 Å². The quantitative estimate of drug-likeness (QED) is 0.598. The predicted molar refractivity (Wildman–Crippen MR) is 78.3 cm³/mol. The maximum Gasteiger partial charge on any atom is 0.294 e. The minimum absolute atomic E-state index is 0.0482. The van der Waals surface area contributed by atoms with Gasteiger partial charge in [-0.15, -0.1) is 0 Å². The van der Waals surface area contributed by atoms with E-state index in [9.17, 15) is 19.7 Å². The SMILES string of the molecule is CNC(=O)CN(C)CC(=O)Nc1ccc(Cl)cc1[N+](=O)[O-]. The van der Waals surface area contributed by atoms with E-state index in [0.29, 0.717) is 0 Å². The van der Waals surface area contributed by atoms with E-state index in [1.54, 1.807) is 7.05 Å². The van der Waals surface area contributed by atoms with Gasteiger partial charge in [0.25, 0.3) is 5.69 Å². The molecule has 0 atom stereocenters. The number of rotatable bonds is 6. The summed E-state index contributed by atoms with van der Waals surface area (Å²) in [5, 5.41) is 16.0. The van der Waals surface area contributed by atoms with Gasteiger partial charge < -0.3 is 10.6 Å². The summed E-state index contributed by atoms with van der Waals surface area (Å²) in [5.74, 6) is -0.699. The first kappa shape index (κ1) is 16.9. The minimum Gasteiger partial charge on any atom is -0.358 e. The Labute approximate surface area is 126 Å². The fraction of sp³-hybridized carbons (Fsp3) is 0.333. The van der Waals surface area contributed by atoms with Crippen molar-refractivity contribution in [3.8, 4) is 0 Å². The van der Waals surface area contributed by atoms with Gasteiger partial charge in [-0.05, 0) is 19.2 Å². The highest BCUT2D eigenvalue weighted by Crippen LogP contribution is 2.27. The molecule has 0 saturated heterocycles. The van der Waals surface area contributed by atoms with E-state index in [4.69, 9.17) is 11.6 Å². The Morgan fingerprint density at radius 2 is 1.95 bits per heavy atom. The maximum atomic E-state index is 11.8. The number of hydrogen-bond acceptors (Lipinski definition) is 5. The van der Waals surface area contributed by atoms with Gasteiger partial charge in [0, 0.05) is 18.1 Å². The average molecular weight is 315 g/mol. The van der Waals surface area contributed by atoms with Crippen molar-refractivity contribution in [2.45, 2.75) is 0 Å². The number of nitrogens with zero attached hydrogens (tertiary/aromatic N) is 2. The van der Waals surface area contributed by atoms with Gasteiger partial charge in [-0.1, -0.05) is 11.6 Å². The molecular formula is C12H15ClN4O4. The summed E-state index contributed by atoms with van der Waals surface area (Å²) in [6, 6.07) is 3.96. The number of nitro benzene ring substituents is 1. The Balaban J connectivity index is 2.71. The molecule has 0 unspecified atom stereocenters. The Bertz CT molecular complexity index is 564. The fourth-order valence-corrected chi connectivity index (χ4v) is 1.74. The number of carbonyl (C=O) groups is 2. The molecule has 2 amide bonds. The summed E-state index contributed by atoms with van der Waals surface area (Å²) in [7, 11) is 3.08. The van der Waals surface area contributed by atoms with Crippen molar-refractivity contribution in [3.05, 3.63) is 33.3 Å². The van der Waals surface area contributed by atoms with Crippen LogP contribution in [-0.2, 0) is 9.59 Å². The van der Waals surface area contributed by atoms with E-state index in [1.165, 1.54) is 24.1 Å². The monoisotopic (exact) mass is 314 g/mol. The lowest BCUT2D eigenvalue weighted by Gasteiger charge is -2.15. The number of hydrogen-bond donors (Lipinski definition) is 2. The van der Waals surface area contributed by atoms with Crippen molar-refractivity contribution in [2.75, 3.05) is 32.5 Å². The molecule has 21 heavy (non-hydrogen) atoms. The first-order valence-corrected chi connectivity index (χ1v) is 6.34. The number of carbonyl (C=O) groups excluding carboxylic acids is 2. The van der Waals surface area contributed by atoms with Gasteiger partial charge in [0.05, 0.1) is 18.0 Å². The van der Waals surface area contributed by atoms with Crippen molar-refractivity contribution in [1.82, 2.24) is 10.2 Å². The molecule has 0 spiro atoms. The van der Waals surface area contributed by atoms with Crippen molar-refractivity contribution >= 4 is 34.8 Å². The smallest absolute Gasteiger partial charge is 0.294 e. The van der Waals surface area contributed by atoms with Crippen LogP contribution in [0.2, 0.25) is 5.02 Å². The number of amides is 2. The number of halogens is 1. The summed E-state index contributed by atoms with van der Waals surface area (Å²) in [6.07, 6.45) is 0. The van der Waals surface area contributed by atoms with Crippen LogP contribution in [-0.4, -0.2) is 48.8 Å². The number of benzene rings is 1. The third-order valence-corrected chi connectivity index (χ3v) is 2.77. The summed E-state index contributed by atoms with van der Waals surface area (Å²) in [4.78, 5) is 34.7. The van der Waals surface area contributed by atoms with Crippen LogP contribution in [0.15, 0.2) is 18.2 Å². The van der Waals surface area contributed by atoms with Crippen LogP contribution in [0.4, 0.5) is 11.4 Å². The van der Waals surface area contributed by atoms with Crippen LogP contribution in [0.3, 0.4) is 0 Å². The first-order valence-electron chi connectivity index (χ1n) is 5.96. The van der Waals surface area contributed by atoms with Crippen molar-refractivity contribution < 1.29 is 14.5 Å². The van der Waals surface area contributed by atoms with Crippen LogP contribution < -0.4 is 10.6 Å². The van der Waals surface area contributed by atoms with Crippen LogP contribution in [0.5, 0.6) is 0 Å². The second kappa shape index (κ2) is 7.55. The lowest BCUT2D eigenvalue weighted by molar-refractivity contribution is -0.383. The zero-order chi connectivity index (χ0) is 16.0. The summed E-state index contributed by atoms with van der Waals surface area (Å²) in [6.45, 7) is -0.0279. The van der Waals surface area contributed by atoms with Gasteiger partial charge in [-0.25, -0.2) is 0 Å². The molecule has 1 aromatic carbocycles. The zero-order valence-electron chi connectivity index (χ0n) is 11.6. The Morgan fingerprint density at radius 3 is 2.52 bits per heavy atom. The maximum absolute atomic E-state index is 11.8. The van der Waals surface area contributed by atoms with Crippen molar-refractivity contribution in [2.24, 2.45) is 0 Å². The van der Waals surface area contributed by atoms with Gasteiger partial charge in [-0.2, -0.15) is 0 Å². The molecule has 114 valence electrons.